The van der Waals surface area contributed by atoms with Crippen molar-refractivity contribution in [1.29, 1.82) is 0 Å². The highest BCUT2D eigenvalue weighted by atomic mass is 16.5. The zero-order valence-electron chi connectivity index (χ0n) is 6.76. The molecule has 0 radical (unpaired) electrons. The smallest absolute Gasteiger partial charge is 0.351 e. The number of hydrogen-bond acceptors (Lipinski definition) is 3. The van der Waals surface area contributed by atoms with Gasteiger partial charge in [0.2, 0.25) is 5.72 Å². The summed E-state index contributed by atoms with van der Waals surface area (Å²) in [4.78, 5) is 10.7. The van der Waals surface area contributed by atoms with E-state index in [2.05, 4.69) is 5.32 Å². The Morgan fingerprint density at radius 1 is 1.82 bits per heavy atom. The first kappa shape index (κ1) is 8.49. The Morgan fingerprint density at radius 2 is 2.45 bits per heavy atom. The van der Waals surface area contributed by atoms with Crippen LogP contribution in [0.4, 0.5) is 0 Å². The topological polar surface area (TPSA) is 58.6 Å². The number of aliphatic carboxylic acids is 1. The molecular formula is C7H13NO3. The van der Waals surface area contributed by atoms with Crippen LogP contribution in [0.5, 0.6) is 0 Å². The Bertz CT molecular complexity index is 171. The third-order valence-electron chi connectivity index (χ3n) is 2.10. The Labute approximate surface area is 65.5 Å². The first-order chi connectivity index (χ1) is 5.10. The van der Waals surface area contributed by atoms with Gasteiger partial charge in [-0.2, -0.15) is 0 Å². The normalized spacial score (nSPS) is 37.5. The lowest BCUT2D eigenvalue weighted by Gasteiger charge is -2.22. The van der Waals surface area contributed by atoms with Crippen LogP contribution >= 0.6 is 0 Å². The standard InChI is InChI=1S/C7H13NO3/c1-5-3-4-7(8-5,11-2)6(9)10/h5,8H,3-4H2,1-2H3,(H,9,10)/t5?,7-/m1/s1. The maximum atomic E-state index is 10.7. The molecule has 0 aliphatic carbocycles. The van der Waals surface area contributed by atoms with Crippen LogP contribution in [0.1, 0.15) is 19.8 Å². The molecule has 0 aromatic rings. The average Bonchev–Trinajstić information content (AvgIpc) is 2.33. The molecule has 0 bridgehead atoms. The average molecular weight is 159 g/mol. The quantitative estimate of drug-likeness (QED) is 0.603. The molecular weight excluding hydrogens is 146 g/mol. The van der Waals surface area contributed by atoms with Gasteiger partial charge in [0.05, 0.1) is 0 Å². The van der Waals surface area contributed by atoms with E-state index < -0.39 is 11.7 Å². The number of nitrogens with one attached hydrogen (secondary N) is 1. The van der Waals surface area contributed by atoms with Crippen LogP contribution in [0.2, 0.25) is 0 Å². The van der Waals surface area contributed by atoms with Crippen LogP contribution in [0.3, 0.4) is 0 Å². The summed E-state index contributed by atoms with van der Waals surface area (Å²) in [6.07, 6.45) is 1.39. The van der Waals surface area contributed by atoms with Gasteiger partial charge in [-0.1, -0.05) is 0 Å². The van der Waals surface area contributed by atoms with Gasteiger partial charge in [-0.15, -0.1) is 0 Å². The van der Waals surface area contributed by atoms with Gasteiger partial charge < -0.3 is 9.84 Å². The minimum absolute atomic E-state index is 0.228. The second-order valence-electron chi connectivity index (χ2n) is 2.92. The van der Waals surface area contributed by atoms with Gasteiger partial charge in [0.1, 0.15) is 0 Å². The van der Waals surface area contributed by atoms with E-state index in [0.717, 1.165) is 6.42 Å². The predicted molar refractivity (Wildman–Crippen MR) is 39.2 cm³/mol. The molecule has 0 saturated carbocycles. The van der Waals surface area contributed by atoms with Crippen molar-refractivity contribution < 1.29 is 14.6 Å². The zero-order chi connectivity index (χ0) is 8.48. The molecule has 11 heavy (non-hydrogen) atoms. The number of hydrogen-bond donors (Lipinski definition) is 2. The van der Waals surface area contributed by atoms with Crippen molar-refractivity contribution in [2.75, 3.05) is 7.11 Å². The molecule has 1 unspecified atom stereocenters. The number of carboxylic acids is 1. The van der Waals surface area contributed by atoms with Gasteiger partial charge in [0.25, 0.3) is 0 Å². The molecule has 2 N–H and O–H groups in total. The largest absolute Gasteiger partial charge is 0.478 e. The third-order valence-corrected chi connectivity index (χ3v) is 2.10. The molecule has 2 atom stereocenters. The number of carboxylic acid groups (broad SMARTS) is 1. The molecule has 4 nitrogen and oxygen atoms in total. The molecule has 1 heterocycles. The Kier molecular flexibility index (Phi) is 2.15. The number of ether oxygens (including phenoxy) is 1. The summed E-state index contributed by atoms with van der Waals surface area (Å²) in [5.74, 6) is -0.927. The second kappa shape index (κ2) is 2.79. The summed E-state index contributed by atoms with van der Waals surface area (Å²) < 4.78 is 4.92. The molecule has 0 aromatic heterocycles. The molecule has 0 spiro atoms. The molecule has 1 rings (SSSR count). The van der Waals surface area contributed by atoms with Gasteiger partial charge >= 0.3 is 5.97 Å². The van der Waals surface area contributed by atoms with Crippen molar-refractivity contribution >= 4 is 5.97 Å². The minimum atomic E-state index is -1.13. The Morgan fingerprint density at radius 3 is 2.64 bits per heavy atom. The summed E-state index contributed by atoms with van der Waals surface area (Å²) in [6.45, 7) is 1.95. The van der Waals surface area contributed by atoms with E-state index in [1.54, 1.807) is 0 Å². The number of rotatable bonds is 2. The van der Waals surface area contributed by atoms with Gasteiger partial charge in [-0.3, -0.25) is 5.32 Å². The summed E-state index contributed by atoms with van der Waals surface area (Å²) >= 11 is 0. The highest BCUT2D eigenvalue weighted by molar-refractivity contribution is 5.77. The first-order valence-corrected chi connectivity index (χ1v) is 3.67. The zero-order valence-corrected chi connectivity index (χ0v) is 6.76. The highest BCUT2D eigenvalue weighted by Gasteiger charge is 2.44. The maximum Gasteiger partial charge on any atom is 0.351 e. The van der Waals surface area contributed by atoms with Crippen molar-refractivity contribution in [1.82, 2.24) is 5.32 Å². The summed E-state index contributed by atoms with van der Waals surface area (Å²) in [6, 6.07) is 0.228. The summed E-state index contributed by atoms with van der Waals surface area (Å²) in [5.41, 5.74) is -1.13. The predicted octanol–water partition coefficient (Wildman–Crippen LogP) is 0.186. The van der Waals surface area contributed by atoms with Crippen LogP contribution in [-0.2, 0) is 9.53 Å². The lowest BCUT2D eigenvalue weighted by atomic mass is 10.1. The van der Waals surface area contributed by atoms with Crippen LogP contribution in [0.25, 0.3) is 0 Å². The van der Waals surface area contributed by atoms with Crippen molar-refractivity contribution in [2.45, 2.75) is 31.5 Å². The van der Waals surface area contributed by atoms with Gasteiger partial charge in [0.15, 0.2) is 0 Å². The highest BCUT2D eigenvalue weighted by Crippen LogP contribution is 2.23. The molecule has 1 fully saturated rings. The summed E-state index contributed by atoms with van der Waals surface area (Å²) in [5, 5.41) is 11.7. The molecule has 4 heteroatoms. The van der Waals surface area contributed by atoms with E-state index >= 15 is 0 Å². The lowest BCUT2D eigenvalue weighted by molar-refractivity contribution is -0.164. The van der Waals surface area contributed by atoms with Crippen molar-refractivity contribution in [3.8, 4) is 0 Å². The Balaban J connectivity index is 2.70. The van der Waals surface area contributed by atoms with Crippen LogP contribution in [0.15, 0.2) is 0 Å². The van der Waals surface area contributed by atoms with Gasteiger partial charge in [-0.25, -0.2) is 4.79 Å². The van der Waals surface area contributed by atoms with Crippen LogP contribution < -0.4 is 5.32 Å². The number of carbonyl (C=O) groups is 1. The first-order valence-electron chi connectivity index (χ1n) is 3.67. The fraction of sp³-hybridized carbons (Fsp3) is 0.857. The molecule has 0 amide bonds. The van der Waals surface area contributed by atoms with Crippen LogP contribution in [-0.4, -0.2) is 30.0 Å². The molecule has 0 aromatic carbocycles. The van der Waals surface area contributed by atoms with Crippen molar-refractivity contribution in [2.24, 2.45) is 0 Å². The molecule has 1 saturated heterocycles. The van der Waals surface area contributed by atoms with Gasteiger partial charge in [-0.05, 0) is 13.3 Å². The number of methoxy groups -OCH3 is 1. The SMILES string of the molecule is CO[C@@]1(C(=O)O)CCC(C)N1. The molecule has 1 aliphatic rings. The third kappa shape index (κ3) is 1.36. The summed E-state index contributed by atoms with van der Waals surface area (Å²) in [7, 11) is 1.42. The van der Waals surface area contributed by atoms with Crippen molar-refractivity contribution in [3.63, 3.8) is 0 Å². The fourth-order valence-corrected chi connectivity index (χ4v) is 1.38. The van der Waals surface area contributed by atoms with Crippen molar-refractivity contribution in [3.05, 3.63) is 0 Å². The van der Waals surface area contributed by atoms with Crippen LogP contribution in [0, 0.1) is 0 Å². The molecule has 1 aliphatic heterocycles. The van der Waals surface area contributed by atoms with E-state index in [-0.39, 0.29) is 6.04 Å². The fourth-order valence-electron chi connectivity index (χ4n) is 1.38. The van der Waals surface area contributed by atoms with E-state index in [0.29, 0.717) is 6.42 Å². The van der Waals surface area contributed by atoms with E-state index in [1.165, 1.54) is 7.11 Å². The van der Waals surface area contributed by atoms with E-state index in [4.69, 9.17) is 9.84 Å². The van der Waals surface area contributed by atoms with E-state index in [9.17, 15) is 4.79 Å². The van der Waals surface area contributed by atoms with E-state index in [1.807, 2.05) is 6.92 Å². The monoisotopic (exact) mass is 159 g/mol. The Hall–Kier alpha value is -0.610. The maximum absolute atomic E-state index is 10.7. The van der Waals surface area contributed by atoms with Gasteiger partial charge in [0, 0.05) is 19.6 Å². The minimum Gasteiger partial charge on any atom is -0.478 e. The lowest BCUT2D eigenvalue weighted by Crippen LogP contribution is -2.50. The molecule has 64 valence electrons. The second-order valence-corrected chi connectivity index (χ2v) is 2.92.